The van der Waals surface area contributed by atoms with Crippen molar-refractivity contribution >= 4 is 41.1 Å². The van der Waals surface area contributed by atoms with E-state index in [0.29, 0.717) is 17.8 Å². The fourth-order valence-electron chi connectivity index (χ4n) is 3.86. The van der Waals surface area contributed by atoms with Crippen LogP contribution in [0.3, 0.4) is 0 Å². The fourth-order valence-corrected chi connectivity index (χ4v) is 3.86. The molecule has 3 amide bonds. The summed E-state index contributed by atoms with van der Waals surface area (Å²) in [6, 6.07) is 16.7. The van der Waals surface area contributed by atoms with E-state index in [4.69, 9.17) is 4.74 Å². The molecule has 2 aliphatic heterocycles. The molecule has 2 aromatic rings. The number of nitrogens with one attached hydrogen (secondary N) is 1. The highest BCUT2D eigenvalue weighted by Gasteiger charge is 2.37. The van der Waals surface area contributed by atoms with Gasteiger partial charge in [-0.3, -0.25) is 14.5 Å². The fraction of sp³-hybridized carbons (Fsp3) is 0.308. The number of cyclic esters (lactones) is 1. The lowest BCUT2D eigenvalue weighted by molar-refractivity contribution is -0.119. The Morgan fingerprint density at radius 1 is 1.09 bits per heavy atom. The third kappa shape index (κ3) is 4.85. The molecule has 1 fully saturated rings. The molecule has 0 saturated carbocycles. The highest BCUT2D eigenvalue weighted by molar-refractivity contribution is 6.34. The molecule has 0 unspecified atom stereocenters. The quantitative estimate of drug-likeness (QED) is 0.684. The van der Waals surface area contributed by atoms with Crippen molar-refractivity contribution in [3.8, 4) is 0 Å². The van der Waals surface area contributed by atoms with Gasteiger partial charge in [0.15, 0.2) is 0 Å². The summed E-state index contributed by atoms with van der Waals surface area (Å²) in [7, 11) is 0. The number of hydrogen-bond donors (Lipinski definition) is 1. The Balaban J connectivity index is 1.56. The van der Waals surface area contributed by atoms with E-state index in [2.05, 4.69) is 10.4 Å². The molecule has 8 nitrogen and oxygen atoms in total. The summed E-state index contributed by atoms with van der Waals surface area (Å²) in [6.45, 7) is 8.13. The largest absolute Gasteiger partial charge is 0.442 e. The number of carbonyl (C=O) groups excluding carboxylic acids is 3. The van der Waals surface area contributed by atoms with E-state index in [0.717, 1.165) is 17.0 Å². The number of anilines is 2. The van der Waals surface area contributed by atoms with E-state index in [9.17, 15) is 14.4 Å². The maximum absolute atomic E-state index is 13.3. The van der Waals surface area contributed by atoms with Gasteiger partial charge in [-0.1, -0.05) is 51.1 Å². The summed E-state index contributed by atoms with van der Waals surface area (Å²) in [6.07, 6.45) is 0.984. The van der Waals surface area contributed by atoms with Crippen molar-refractivity contribution in [3.63, 3.8) is 0 Å². The van der Waals surface area contributed by atoms with Crippen LogP contribution in [0, 0.1) is 5.41 Å². The molecule has 2 heterocycles. The third-order valence-electron chi connectivity index (χ3n) is 5.56. The number of rotatable bonds is 5. The Labute approximate surface area is 198 Å². The molecule has 0 aliphatic carbocycles. The second kappa shape index (κ2) is 9.13. The van der Waals surface area contributed by atoms with Gasteiger partial charge in [0.25, 0.3) is 5.91 Å². The van der Waals surface area contributed by atoms with Crippen LogP contribution in [0.2, 0.25) is 0 Å². The van der Waals surface area contributed by atoms with Gasteiger partial charge in [0, 0.05) is 18.0 Å². The predicted molar refractivity (Wildman–Crippen MR) is 132 cm³/mol. The SMILES string of the molecule is CC(=O)NC[C@H]1CN(c2ccc(C=C3C(=O)N(c4ccccc4)N=C3C(C)(C)C)cc2)C(=O)O1. The lowest BCUT2D eigenvalue weighted by Crippen LogP contribution is -2.33. The van der Waals surface area contributed by atoms with Crippen molar-refractivity contribution in [2.75, 3.05) is 23.0 Å². The van der Waals surface area contributed by atoms with Gasteiger partial charge in [-0.05, 0) is 35.9 Å². The number of hydrazone groups is 1. The molecule has 0 bridgehead atoms. The molecular weight excluding hydrogens is 432 g/mol. The molecule has 34 heavy (non-hydrogen) atoms. The molecule has 1 N–H and O–H groups in total. The predicted octanol–water partition coefficient (Wildman–Crippen LogP) is 3.98. The summed E-state index contributed by atoms with van der Waals surface area (Å²) >= 11 is 0. The minimum atomic E-state index is -0.451. The first-order valence-electron chi connectivity index (χ1n) is 11.2. The van der Waals surface area contributed by atoms with Gasteiger partial charge >= 0.3 is 6.09 Å². The first-order chi connectivity index (χ1) is 16.1. The van der Waals surface area contributed by atoms with Crippen molar-refractivity contribution in [1.29, 1.82) is 0 Å². The van der Waals surface area contributed by atoms with Crippen LogP contribution in [0.15, 0.2) is 65.3 Å². The number of carbonyl (C=O) groups is 3. The monoisotopic (exact) mass is 460 g/mol. The molecular formula is C26H28N4O4. The number of ether oxygens (including phenoxy) is 1. The highest BCUT2D eigenvalue weighted by Crippen LogP contribution is 2.33. The number of hydrogen-bond acceptors (Lipinski definition) is 5. The Bertz CT molecular complexity index is 1160. The first kappa shape index (κ1) is 23.2. The molecule has 4 rings (SSSR count). The lowest BCUT2D eigenvalue weighted by atomic mass is 9.85. The summed E-state index contributed by atoms with van der Waals surface area (Å²) < 4.78 is 5.33. The molecule has 2 aliphatic rings. The van der Waals surface area contributed by atoms with Gasteiger partial charge in [0.1, 0.15) is 6.10 Å². The molecule has 0 radical (unpaired) electrons. The maximum atomic E-state index is 13.3. The molecule has 2 aromatic carbocycles. The van der Waals surface area contributed by atoms with Crippen molar-refractivity contribution in [2.24, 2.45) is 10.5 Å². The Kier molecular flexibility index (Phi) is 6.24. The zero-order valence-corrected chi connectivity index (χ0v) is 19.7. The van der Waals surface area contributed by atoms with Crippen LogP contribution in [0.25, 0.3) is 6.08 Å². The highest BCUT2D eigenvalue weighted by atomic mass is 16.6. The van der Waals surface area contributed by atoms with Crippen LogP contribution in [-0.4, -0.2) is 42.8 Å². The number of amides is 3. The van der Waals surface area contributed by atoms with Gasteiger partial charge < -0.3 is 10.1 Å². The minimum Gasteiger partial charge on any atom is -0.442 e. The number of benzene rings is 2. The third-order valence-corrected chi connectivity index (χ3v) is 5.56. The van der Waals surface area contributed by atoms with Gasteiger partial charge in [0.2, 0.25) is 5.91 Å². The van der Waals surface area contributed by atoms with Crippen molar-refractivity contribution in [3.05, 3.63) is 65.7 Å². The maximum Gasteiger partial charge on any atom is 0.414 e. The van der Waals surface area contributed by atoms with E-state index < -0.39 is 12.2 Å². The second-order valence-electron chi connectivity index (χ2n) is 9.35. The van der Waals surface area contributed by atoms with Crippen LogP contribution < -0.4 is 15.2 Å². The van der Waals surface area contributed by atoms with Gasteiger partial charge in [-0.25, -0.2) is 4.79 Å². The van der Waals surface area contributed by atoms with Gasteiger partial charge in [-0.2, -0.15) is 10.1 Å². The van der Waals surface area contributed by atoms with E-state index in [-0.39, 0.29) is 23.8 Å². The van der Waals surface area contributed by atoms with Crippen LogP contribution in [0.5, 0.6) is 0 Å². The Morgan fingerprint density at radius 3 is 2.38 bits per heavy atom. The zero-order valence-electron chi connectivity index (χ0n) is 19.7. The minimum absolute atomic E-state index is 0.169. The van der Waals surface area contributed by atoms with E-state index in [1.165, 1.54) is 16.8 Å². The molecule has 1 atom stereocenters. The van der Waals surface area contributed by atoms with Gasteiger partial charge in [-0.15, -0.1) is 0 Å². The summed E-state index contributed by atoms with van der Waals surface area (Å²) in [5.41, 5.74) is 3.16. The summed E-state index contributed by atoms with van der Waals surface area (Å²) in [5, 5.41) is 8.76. The number of para-hydroxylation sites is 1. The average molecular weight is 461 g/mol. The lowest BCUT2D eigenvalue weighted by Gasteiger charge is -2.18. The first-order valence-corrected chi connectivity index (χ1v) is 11.2. The molecule has 0 aromatic heterocycles. The zero-order chi connectivity index (χ0) is 24.5. The van der Waals surface area contributed by atoms with E-state index in [1.807, 2.05) is 81.4 Å². The Hall–Kier alpha value is -3.94. The van der Waals surface area contributed by atoms with Crippen molar-refractivity contribution in [1.82, 2.24) is 5.32 Å². The molecule has 176 valence electrons. The molecule has 8 heteroatoms. The van der Waals surface area contributed by atoms with Crippen molar-refractivity contribution < 1.29 is 19.1 Å². The van der Waals surface area contributed by atoms with E-state index >= 15 is 0 Å². The van der Waals surface area contributed by atoms with Crippen LogP contribution in [0.1, 0.15) is 33.3 Å². The van der Waals surface area contributed by atoms with E-state index in [1.54, 1.807) is 0 Å². The standard InChI is InChI=1S/C26H28N4O4/c1-17(31)27-15-21-16-29(25(33)34-21)19-12-10-18(11-13-19)14-22-23(26(2,3)4)28-30(24(22)32)20-8-6-5-7-9-20/h5-14,21H,15-16H2,1-4H3,(H,27,31)/t21-/m0/s1. The second-order valence-corrected chi connectivity index (χ2v) is 9.35. The molecule has 1 saturated heterocycles. The Morgan fingerprint density at radius 2 is 1.76 bits per heavy atom. The smallest absolute Gasteiger partial charge is 0.414 e. The summed E-state index contributed by atoms with van der Waals surface area (Å²) in [4.78, 5) is 38.2. The van der Waals surface area contributed by atoms with Crippen LogP contribution >= 0.6 is 0 Å². The van der Waals surface area contributed by atoms with Crippen molar-refractivity contribution in [2.45, 2.75) is 33.8 Å². The van der Waals surface area contributed by atoms with Crippen LogP contribution in [-0.2, 0) is 14.3 Å². The number of nitrogens with zero attached hydrogens (tertiary/aromatic N) is 3. The van der Waals surface area contributed by atoms with Crippen LogP contribution in [0.4, 0.5) is 16.2 Å². The van der Waals surface area contributed by atoms with Gasteiger partial charge in [0.05, 0.1) is 30.1 Å². The topological polar surface area (TPSA) is 91.3 Å². The summed E-state index contributed by atoms with van der Waals surface area (Å²) in [5.74, 6) is -0.346. The normalized spacial score (nSPS) is 19.5. The average Bonchev–Trinajstić information content (AvgIpc) is 3.33. The molecule has 0 spiro atoms.